The van der Waals surface area contributed by atoms with Crippen molar-refractivity contribution in [1.82, 2.24) is 0 Å². The van der Waals surface area contributed by atoms with E-state index in [0.29, 0.717) is 0 Å². The second-order valence-corrected chi connectivity index (χ2v) is 3.58. The minimum atomic E-state index is -4.38. The molecule has 0 N–H and O–H groups in total. The van der Waals surface area contributed by atoms with Crippen molar-refractivity contribution in [3.8, 4) is 0 Å². The van der Waals surface area contributed by atoms with Crippen LogP contribution < -0.4 is 4.90 Å². The van der Waals surface area contributed by atoms with Gasteiger partial charge in [0.25, 0.3) is 0 Å². The minimum absolute atomic E-state index is 0.0532. The zero-order valence-corrected chi connectivity index (χ0v) is 8.85. The number of alkyl halides is 3. The van der Waals surface area contributed by atoms with Gasteiger partial charge in [0.05, 0.1) is 17.8 Å². The third-order valence-corrected chi connectivity index (χ3v) is 2.52. The number of benzene rings is 1. The fraction of sp³-hybridized carbons (Fsp3) is 0.200. The van der Waals surface area contributed by atoms with Gasteiger partial charge in [0.2, 0.25) is 0 Å². The molecule has 1 aromatic carbocycles. The van der Waals surface area contributed by atoms with E-state index in [9.17, 15) is 13.2 Å². The van der Waals surface area contributed by atoms with Gasteiger partial charge >= 0.3 is 6.18 Å². The van der Waals surface area contributed by atoms with Crippen molar-refractivity contribution in [3.63, 3.8) is 0 Å². The van der Waals surface area contributed by atoms with Crippen molar-refractivity contribution < 1.29 is 13.2 Å². The topological polar surface area (TPSA) is 15.6 Å². The van der Waals surface area contributed by atoms with Crippen LogP contribution in [-0.4, -0.2) is 17.9 Å². The molecule has 0 saturated carbocycles. The van der Waals surface area contributed by atoms with E-state index < -0.39 is 11.7 Å². The largest absolute Gasteiger partial charge is 0.418 e. The molecule has 1 aromatic rings. The molecule has 16 heavy (non-hydrogen) atoms. The number of hydrogen-bond acceptors (Lipinski definition) is 1. The summed E-state index contributed by atoms with van der Waals surface area (Å²) in [5.74, 6) is 0. The maximum Gasteiger partial charge on any atom is 0.418 e. The Balaban J connectivity index is 2.45. The molecule has 1 aliphatic heterocycles. The second kappa shape index (κ2) is 3.86. The lowest BCUT2D eigenvalue weighted by atomic mass is 10.1. The van der Waals surface area contributed by atoms with Crippen LogP contribution in [0.15, 0.2) is 29.3 Å². The number of aliphatic imine (C=N–C) groups is 1. The summed E-state index contributed by atoms with van der Waals surface area (Å²) in [4.78, 5) is 5.14. The number of halogens is 3. The van der Waals surface area contributed by atoms with Gasteiger partial charge in [-0.2, -0.15) is 13.2 Å². The molecule has 1 heterocycles. The van der Waals surface area contributed by atoms with Crippen LogP contribution in [-0.2, 0) is 6.18 Å². The highest BCUT2D eigenvalue weighted by molar-refractivity contribution is 7.80. The summed E-state index contributed by atoms with van der Waals surface area (Å²) in [5.41, 5.74) is -0.639. The number of thiocarbonyl (C=S) groups is 1. The van der Waals surface area contributed by atoms with Crippen LogP contribution in [0.5, 0.6) is 0 Å². The first-order valence-corrected chi connectivity index (χ1v) is 4.91. The average Bonchev–Trinajstić information content (AvgIpc) is 2.63. The maximum absolute atomic E-state index is 12.7. The zero-order valence-electron chi connectivity index (χ0n) is 8.03. The summed E-state index contributed by atoms with van der Waals surface area (Å²) < 4.78 is 38.2. The molecular weight excluding hydrogens is 237 g/mol. The third kappa shape index (κ3) is 1.92. The van der Waals surface area contributed by atoms with E-state index in [1.807, 2.05) is 0 Å². The van der Waals surface area contributed by atoms with Crippen molar-refractivity contribution in [2.45, 2.75) is 6.18 Å². The lowest BCUT2D eigenvalue weighted by molar-refractivity contribution is -0.137. The number of hydrogen-bond donors (Lipinski definition) is 0. The first-order valence-electron chi connectivity index (χ1n) is 4.50. The maximum atomic E-state index is 12.7. The van der Waals surface area contributed by atoms with E-state index in [4.69, 9.17) is 12.2 Å². The van der Waals surface area contributed by atoms with E-state index in [1.54, 1.807) is 6.07 Å². The second-order valence-electron chi connectivity index (χ2n) is 3.22. The predicted molar refractivity (Wildman–Crippen MR) is 59.9 cm³/mol. The first kappa shape index (κ1) is 11.1. The van der Waals surface area contributed by atoms with Gasteiger partial charge in [0.15, 0.2) is 5.11 Å². The Bertz CT molecular complexity index is 454. The summed E-state index contributed by atoms with van der Waals surface area (Å²) in [7, 11) is 0. The Morgan fingerprint density at radius 3 is 2.50 bits per heavy atom. The van der Waals surface area contributed by atoms with Crippen molar-refractivity contribution in [3.05, 3.63) is 29.8 Å². The molecule has 84 valence electrons. The Kier molecular flexibility index (Phi) is 2.67. The van der Waals surface area contributed by atoms with E-state index in [1.165, 1.54) is 23.2 Å². The lowest BCUT2D eigenvalue weighted by Crippen LogP contribution is -2.26. The highest BCUT2D eigenvalue weighted by Crippen LogP contribution is 2.36. The normalized spacial score (nSPS) is 15.9. The van der Waals surface area contributed by atoms with Gasteiger partial charge in [0.1, 0.15) is 0 Å². The quantitative estimate of drug-likeness (QED) is 0.706. The molecule has 1 aliphatic rings. The Morgan fingerprint density at radius 2 is 1.94 bits per heavy atom. The monoisotopic (exact) mass is 244 g/mol. The van der Waals surface area contributed by atoms with Gasteiger partial charge in [-0.1, -0.05) is 12.1 Å². The molecule has 2 rings (SSSR count). The molecule has 2 nitrogen and oxygen atoms in total. The number of anilines is 1. The highest BCUT2D eigenvalue weighted by Gasteiger charge is 2.35. The summed E-state index contributed by atoms with van der Waals surface area (Å²) >= 11 is 4.87. The molecule has 0 amide bonds. The SMILES string of the molecule is FC(F)(F)c1ccccc1N1CC=NC1=S. The molecule has 0 atom stereocenters. The van der Waals surface area contributed by atoms with Crippen molar-refractivity contribution in [2.75, 3.05) is 11.4 Å². The van der Waals surface area contributed by atoms with Gasteiger partial charge in [-0.25, -0.2) is 4.99 Å². The fourth-order valence-corrected chi connectivity index (χ4v) is 1.75. The van der Waals surface area contributed by atoms with Crippen LogP contribution in [0.25, 0.3) is 0 Å². The van der Waals surface area contributed by atoms with E-state index in [2.05, 4.69) is 4.99 Å². The van der Waals surface area contributed by atoms with E-state index >= 15 is 0 Å². The van der Waals surface area contributed by atoms with Crippen LogP contribution in [0.2, 0.25) is 0 Å². The van der Waals surface area contributed by atoms with Crippen molar-refractivity contribution in [2.24, 2.45) is 4.99 Å². The van der Waals surface area contributed by atoms with Crippen LogP contribution in [0.1, 0.15) is 5.56 Å². The van der Waals surface area contributed by atoms with Gasteiger partial charge in [-0.3, -0.25) is 0 Å². The van der Waals surface area contributed by atoms with Gasteiger partial charge in [-0.05, 0) is 24.4 Å². The number of rotatable bonds is 1. The minimum Gasteiger partial charge on any atom is -0.311 e. The number of para-hydroxylation sites is 1. The van der Waals surface area contributed by atoms with Crippen LogP contribution in [0, 0.1) is 0 Å². The standard InChI is InChI=1S/C10H7F3N2S/c11-10(12,13)7-3-1-2-4-8(7)15-6-5-14-9(15)16/h1-5H,6H2. The van der Waals surface area contributed by atoms with Crippen molar-refractivity contribution in [1.29, 1.82) is 0 Å². The van der Waals surface area contributed by atoms with Crippen LogP contribution >= 0.6 is 12.2 Å². The first-order chi connectivity index (χ1) is 7.50. The lowest BCUT2D eigenvalue weighted by Gasteiger charge is -2.21. The van der Waals surface area contributed by atoms with Gasteiger partial charge < -0.3 is 4.90 Å². The average molecular weight is 244 g/mol. The zero-order chi connectivity index (χ0) is 11.8. The van der Waals surface area contributed by atoms with Gasteiger partial charge in [-0.15, -0.1) is 0 Å². The molecule has 0 saturated heterocycles. The summed E-state index contributed by atoms with van der Waals surface area (Å²) in [6.07, 6.45) is -2.88. The van der Waals surface area contributed by atoms with Crippen molar-refractivity contribution >= 4 is 29.2 Å². The molecule has 0 aromatic heterocycles. The molecule has 0 unspecified atom stereocenters. The van der Waals surface area contributed by atoms with E-state index in [0.717, 1.165) is 6.07 Å². The van der Waals surface area contributed by atoms with E-state index in [-0.39, 0.29) is 17.3 Å². The summed E-state index contributed by atoms with van der Waals surface area (Å²) in [6, 6.07) is 5.33. The highest BCUT2D eigenvalue weighted by atomic mass is 32.1. The fourth-order valence-electron chi connectivity index (χ4n) is 1.50. The Hall–Kier alpha value is -1.43. The van der Waals surface area contributed by atoms with Crippen LogP contribution in [0.3, 0.4) is 0 Å². The molecular formula is C10H7F3N2S. The molecule has 0 spiro atoms. The van der Waals surface area contributed by atoms with Crippen LogP contribution in [0.4, 0.5) is 18.9 Å². The Labute approximate surface area is 95.4 Å². The number of nitrogens with zero attached hydrogens (tertiary/aromatic N) is 2. The molecule has 0 radical (unpaired) electrons. The molecule has 0 aliphatic carbocycles. The third-order valence-electron chi connectivity index (χ3n) is 2.20. The van der Waals surface area contributed by atoms with Gasteiger partial charge in [0, 0.05) is 6.21 Å². The summed E-state index contributed by atoms with van der Waals surface area (Å²) in [6.45, 7) is 0.284. The Morgan fingerprint density at radius 1 is 1.25 bits per heavy atom. The predicted octanol–water partition coefficient (Wildman–Crippen LogP) is 2.88. The summed E-state index contributed by atoms with van der Waals surface area (Å²) in [5, 5.41) is 0.164. The smallest absolute Gasteiger partial charge is 0.311 e. The molecule has 0 bridgehead atoms. The molecule has 6 heteroatoms. The molecule has 0 fully saturated rings.